The van der Waals surface area contributed by atoms with E-state index in [1.165, 1.54) is 0 Å². The van der Waals surface area contributed by atoms with Crippen molar-refractivity contribution in [2.45, 2.75) is 6.92 Å². The van der Waals surface area contributed by atoms with Gasteiger partial charge in [0.25, 0.3) is 0 Å². The maximum Gasteiger partial charge on any atom is 0.146 e. The number of aromatic nitrogens is 1. The molecule has 1 heterocycles. The summed E-state index contributed by atoms with van der Waals surface area (Å²) in [4.78, 5) is 4.00. The number of ether oxygens (including phenoxy) is 1. The van der Waals surface area contributed by atoms with Crippen LogP contribution in [0.15, 0.2) is 36.5 Å². The molecule has 0 bridgehead atoms. The lowest BCUT2D eigenvalue weighted by molar-refractivity contribution is 0.480. The molecule has 2 aromatic rings. The molecule has 2 nitrogen and oxygen atoms in total. The van der Waals surface area contributed by atoms with Gasteiger partial charge in [-0.1, -0.05) is 35.3 Å². The highest BCUT2D eigenvalue weighted by Crippen LogP contribution is 2.29. The average Bonchev–Trinajstić information content (AvgIpc) is 2.27. The van der Waals surface area contributed by atoms with Crippen LogP contribution in [-0.2, 0) is 0 Å². The SMILES string of the molecule is Cc1cc(Oc2ccccc2Cl)cnc1Cl. The first kappa shape index (κ1) is 11.2. The molecule has 4 heteroatoms. The smallest absolute Gasteiger partial charge is 0.146 e. The number of aryl methyl sites for hydroxylation is 1. The molecule has 0 aliphatic carbocycles. The van der Waals surface area contributed by atoms with Gasteiger partial charge in [0.2, 0.25) is 0 Å². The molecule has 0 atom stereocenters. The Bertz CT molecular complexity index is 514. The zero-order chi connectivity index (χ0) is 11.5. The minimum Gasteiger partial charge on any atom is -0.454 e. The summed E-state index contributed by atoms with van der Waals surface area (Å²) in [6, 6.07) is 9.09. The lowest BCUT2D eigenvalue weighted by Crippen LogP contribution is -1.88. The predicted molar refractivity (Wildman–Crippen MR) is 65.5 cm³/mol. The second kappa shape index (κ2) is 4.73. The third-order valence-electron chi connectivity index (χ3n) is 2.05. The Morgan fingerprint density at radius 2 is 1.94 bits per heavy atom. The summed E-state index contributed by atoms with van der Waals surface area (Å²) in [5.74, 6) is 1.22. The number of halogens is 2. The molecule has 1 aromatic carbocycles. The Balaban J connectivity index is 2.28. The maximum absolute atomic E-state index is 5.97. The van der Waals surface area contributed by atoms with Crippen LogP contribution >= 0.6 is 23.2 Å². The Morgan fingerprint density at radius 3 is 2.62 bits per heavy atom. The van der Waals surface area contributed by atoms with Crippen molar-refractivity contribution in [3.8, 4) is 11.5 Å². The van der Waals surface area contributed by atoms with Crippen LogP contribution in [0.4, 0.5) is 0 Å². The predicted octanol–water partition coefficient (Wildman–Crippen LogP) is 4.49. The fourth-order valence-electron chi connectivity index (χ4n) is 1.24. The molecule has 1 aromatic heterocycles. The topological polar surface area (TPSA) is 22.1 Å². The van der Waals surface area contributed by atoms with Gasteiger partial charge in [0, 0.05) is 0 Å². The van der Waals surface area contributed by atoms with Crippen molar-refractivity contribution < 1.29 is 4.74 Å². The van der Waals surface area contributed by atoms with Gasteiger partial charge in [0.05, 0.1) is 11.2 Å². The van der Waals surface area contributed by atoms with Gasteiger partial charge in [-0.3, -0.25) is 0 Å². The molecule has 0 radical (unpaired) electrons. The van der Waals surface area contributed by atoms with Crippen LogP contribution in [0.1, 0.15) is 5.56 Å². The third-order valence-corrected chi connectivity index (χ3v) is 2.76. The molecular weight excluding hydrogens is 245 g/mol. The minimum absolute atomic E-state index is 0.478. The Hall–Kier alpha value is -1.25. The number of hydrogen-bond donors (Lipinski definition) is 0. The summed E-state index contributed by atoms with van der Waals surface area (Å²) >= 11 is 11.8. The van der Waals surface area contributed by atoms with Crippen molar-refractivity contribution in [3.05, 3.63) is 52.3 Å². The molecule has 0 unspecified atom stereocenters. The number of hydrogen-bond acceptors (Lipinski definition) is 2. The van der Waals surface area contributed by atoms with E-state index in [0.717, 1.165) is 5.56 Å². The third kappa shape index (κ3) is 2.46. The van der Waals surface area contributed by atoms with E-state index in [2.05, 4.69) is 4.98 Å². The summed E-state index contributed by atoms with van der Waals surface area (Å²) < 4.78 is 5.59. The summed E-state index contributed by atoms with van der Waals surface area (Å²) in [7, 11) is 0. The normalized spacial score (nSPS) is 10.2. The van der Waals surface area contributed by atoms with E-state index < -0.39 is 0 Å². The molecule has 0 amide bonds. The van der Waals surface area contributed by atoms with Crippen molar-refractivity contribution in [2.24, 2.45) is 0 Å². The van der Waals surface area contributed by atoms with Gasteiger partial charge in [-0.05, 0) is 30.7 Å². The maximum atomic E-state index is 5.97. The lowest BCUT2D eigenvalue weighted by Gasteiger charge is -2.07. The van der Waals surface area contributed by atoms with Gasteiger partial charge in [0.15, 0.2) is 0 Å². The molecule has 0 N–H and O–H groups in total. The standard InChI is InChI=1S/C12H9Cl2NO/c1-8-6-9(7-15-12(8)14)16-11-5-3-2-4-10(11)13/h2-7H,1H3. The Morgan fingerprint density at radius 1 is 1.19 bits per heavy atom. The molecule has 0 spiro atoms. The summed E-state index contributed by atoms with van der Waals surface area (Å²) in [5, 5.41) is 1.04. The fraction of sp³-hybridized carbons (Fsp3) is 0.0833. The molecule has 0 saturated heterocycles. The highest BCUT2D eigenvalue weighted by atomic mass is 35.5. The molecule has 0 aliphatic heterocycles. The van der Waals surface area contributed by atoms with Gasteiger partial charge < -0.3 is 4.74 Å². The number of nitrogens with zero attached hydrogens (tertiary/aromatic N) is 1. The highest BCUT2D eigenvalue weighted by Gasteiger charge is 2.04. The molecule has 0 fully saturated rings. The van der Waals surface area contributed by atoms with Crippen molar-refractivity contribution in [1.82, 2.24) is 4.98 Å². The van der Waals surface area contributed by atoms with Crippen molar-refractivity contribution >= 4 is 23.2 Å². The number of pyridine rings is 1. The second-order valence-electron chi connectivity index (χ2n) is 3.31. The molecule has 82 valence electrons. The zero-order valence-electron chi connectivity index (χ0n) is 8.58. The van der Waals surface area contributed by atoms with Crippen LogP contribution < -0.4 is 4.74 Å². The summed E-state index contributed by atoms with van der Waals surface area (Å²) in [6.45, 7) is 1.87. The van der Waals surface area contributed by atoms with E-state index in [4.69, 9.17) is 27.9 Å². The van der Waals surface area contributed by atoms with Gasteiger partial charge in [-0.15, -0.1) is 0 Å². The van der Waals surface area contributed by atoms with Crippen LogP contribution in [0.2, 0.25) is 10.2 Å². The van der Waals surface area contributed by atoms with Crippen LogP contribution in [0.25, 0.3) is 0 Å². The first-order valence-electron chi connectivity index (χ1n) is 4.71. The quantitative estimate of drug-likeness (QED) is 0.736. The van der Waals surface area contributed by atoms with E-state index in [1.54, 1.807) is 18.3 Å². The van der Waals surface area contributed by atoms with E-state index in [0.29, 0.717) is 21.7 Å². The van der Waals surface area contributed by atoms with Crippen LogP contribution in [0.5, 0.6) is 11.5 Å². The fourth-order valence-corrected chi connectivity index (χ4v) is 1.52. The molecule has 0 saturated carbocycles. The van der Waals surface area contributed by atoms with Gasteiger partial charge in [-0.25, -0.2) is 4.98 Å². The zero-order valence-corrected chi connectivity index (χ0v) is 10.1. The summed E-state index contributed by atoms with van der Waals surface area (Å²) in [6.07, 6.45) is 1.57. The number of benzene rings is 1. The Kier molecular flexibility index (Phi) is 3.32. The van der Waals surface area contributed by atoms with Crippen LogP contribution in [-0.4, -0.2) is 4.98 Å². The lowest BCUT2D eigenvalue weighted by atomic mass is 10.3. The largest absolute Gasteiger partial charge is 0.454 e. The van der Waals surface area contributed by atoms with Crippen LogP contribution in [0.3, 0.4) is 0 Å². The van der Waals surface area contributed by atoms with E-state index in [-0.39, 0.29) is 0 Å². The molecule has 0 aliphatic rings. The van der Waals surface area contributed by atoms with Gasteiger partial charge in [0.1, 0.15) is 16.7 Å². The van der Waals surface area contributed by atoms with E-state index in [1.807, 2.05) is 25.1 Å². The van der Waals surface area contributed by atoms with E-state index >= 15 is 0 Å². The molecule has 2 rings (SSSR count). The van der Waals surface area contributed by atoms with E-state index in [9.17, 15) is 0 Å². The molecule has 16 heavy (non-hydrogen) atoms. The average molecular weight is 254 g/mol. The van der Waals surface area contributed by atoms with Crippen molar-refractivity contribution in [2.75, 3.05) is 0 Å². The van der Waals surface area contributed by atoms with Crippen molar-refractivity contribution in [3.63, 3.8) is 0 Å². The first-order chi connectivity index (χ1) is 7.66. The van der Waals surface area contributed by atoms with Gasteiger partial charge in [-0.2, -0.15) is 0 Å². The molecular formula is C12H9Cl2NO. The number of para-hydroxylation sites is 1. The highest BCUT2D eigenvalue weighted by molar-refractivity contribution is 6.32. The Labute approximate surface area is 104 Å². The minimum atomic E-state index is 0.478. The summed E-state index contributed by atoms with van der Waals surface area (Å²) in [5.41, 5.74) is 0.867. The second-order valence-corrected chi connectivity index (χ2v) is 4.08. The van der Waals surface area contributed by atoms with Crippen LogP contribution in [0, 0.1) is 6.92 Å². The number of rotatable bonds is 2. The van der Waals surface area contributed by atoms with Gasteiger partial charge >= 0.3 is 0 Å². The monoisotopic (exact) mass is 253 g/mol. The first-order valence-corrected chi connectivity index (χ1v) is 5.47. The van der Waals surface area contributed by atoms with Crippen molar-refractivity contribution in [1.29, 1.82) is 0 Å².